The number of nitrogens with zero attached hydrogens (tertiary/aromatic N) is 3. The summed E-state index contributed by atoms with van der Waals surface area (Å²) < 4.78 is 5.64. The van der Waals surface area contributed by atoms with Crippen molar-refractivity contribution in [3.8, 4) is 11.3 Å². The quantitative estimate of drug-likeness (QED) is 0.642. The van der Waals surface area contributed by atoms with Crippen LogP contribution in [0, 0.1) is 12.3 Å². The number of hydrogen-bond acceptors (Lipinski definition) is 5. The molecule has 0 saturated carbocycles. The van der Waals surface area contributed by atoms with Gasteiger partial charge in [0.15, 0.2) is 0 Å². The molecular weight excluding hydrogens is 404 g/mol. The van der Waals surface area contributed by atoms with Crippen LogP contribution in [0.1, 0.15) is 41.4 Å². The molecule has 1 saturated heterocycles. The predicted octanol–water partition coefficient (Wildman–Crippen LogP) is 3.65. The lowest BCUT2D eigenvalue weighted by molar-refractivity contribution is -0.133. The molecule has 4 rings (SSSR count). The lowest BCUT2D eigenvalue weighted by Crippen LogP contribution is -2.54. The molecule has 166 valence electrons. The van der Waals surface area contributed by atoms with E-state index in [0.29, 0.717) is 43.8 Å². The van der Waals surface area contributed by atoms with Gasteiger partial charge in [0.05, 0.1) is 5.41 Å². The summed E-state index contributed by atoms with van der Waals surface area (Å²) in [5.74, 6) is 0.504. The van der Waals surface area contributed by atoms with Gasteiger partial charge in [0.25, 0.3) is 5.91 Å². The van der Waals surface area contributed by atoms with Gasteiger partial charge >= 0.3 is 0 Å². The van der Waals surface area contributed by atoms with Crippen LogP contribution in [0.2, 0.25) is 0 Å². The van der Waals surface area contributed by atoms with Gasteiger partial charge in [-0.1, -0.05) is 35.0 Å². The average molecular weight is 433 g/mol. The molecule has 0 radical (unpaired) electrons. The molecule has 32 heavy (non-hydrogen) atoms. The van der Waals surface area contributed by atoms with Crippen molar-refractivity contribution >= 4 is 11.8 Å². The van der Waals surface area contributed by atoms with Crippen LogP contribution in [0.4, 0.5) is 0 Å². The van der Waals surface area contributed by atoms with Gasteiger partial charge in [-0.2, -0.15) is 0 Å². The molecule has 1 aliphatic rings. The Bertz CT molecular complexity index is 1080. The van der Waals surface area contributed by atoms with E-state index in [0.717, 1.165) is 17.7 Å². The monoisotopic (exact) mass is 432 g/mol. The number of rotatable bonds is 6. The molecule has 0 aliphatic carbocycles. The van der Waals surface area contributed by atoms with Crippen LogP contribution in [-0.2, 0) is 11.2 Å². The predicted molar refractivity (Wildman–Crippen MR) is 121 cm³/mol. The molecule has 0 bridgehead atoms. The number of pyridine rings is 1. The summed E-state index contributed by atoms with van der Waals surface area (Å²) in [4.78, 5) is 32.0. The van der Waals surface area contributed by atoms with Crippen LogP contribution >= 0.6 is 0 Å². The molecule has 2 amide bonds. The Labute approximate surface area is 187 Å². The smallest absolute Gasteiger partial charge is 0.253 e. The molecule has 3 aromatic rings. The second-order valence-electron chi connectivity index (χ2n) is 8.43. The number of aromatic nitrogens is 2. The molecule has 1 fully saturated rings. The molecule has 7 heteroatoms. The number of hydrogen-bond donors (Lipinski definition) is 1. The van der Waals surface area contributed by atoms with Crippen LogP contribution in [0.3, 0.4) is 0 Å². The number of benzene rings is 1. The zero-order valence-electron chi connectivity index (χ0n) is 18.5. The summed E-state index contributed by atoms with van der Waals surface area (Å²) in [5.41, 5.74) is 2.70. The molecule has 1 atom stereocenters. The van der Waals surface area contributed by atoms with E-state index in [2.05, 4.69) is 15.5 Å². The Morgan fingerprint density at radius 1 is 1.16 bits per heavy atom. The van der Waals surface area contributed by atoms with Crippen molar-refractivity contribution in [3.05, 3.63) is 71.7 Å². The Morgan fingerprint density at radius 3 is 2.62 bits per heavy atom. The third-order valence-electron chi connectivity index (χ3n) is 6.03. The second-order valence-corrected chi connectivity index (χ2v) is 8.43. The highest BCUT2D eigenvalue weighted by atomic mass is 16.5. The maximum atomic E-state index is 13.2. The maximum absolute atomic E-state index is 13.2. The van der Waals surface area contributed by atoms with Crippen LogP contribution in [0.15, 0.2) is 59.4 Å². The lowest BCUT2D eigenvalue weighted by Gasteiger charge is -2.41. The Balaban J connectivity index is 1.59. The third-order valence-corrected chi connectivity index (χ3v) is 6.03. The van der Waals surface area contributed by atoms with E-state index in [1.54, 1.807) is 29.4 Å². The minimum atomic E-state index is -0.763. The van der Waals surface area contributed by atoms with Gasteiger partial charge < -0.3 is 14.7 Å². The first kappa shape index (κ1) is 21.7. The van der Waals surface area contributed by atoms with Crippen molar-refractivity contribution in [3.63, 3.8) is 0 Å². The summed E-state index contributed by atoms with van der Waals surface area (Å²) in [6.45, 7) is 5.42. The number of carbonyl (C=O) groups excluding carboxylic acids is 2. The summed E-state index contributed by atoms with van der Waals surface area (Å²) in [7, 11) is 0. The Kier molecular flexibility index (Phi) is 6.35. The normalized spacial score (nSPS) is 18.4. The minimum Gasteiger partial charge on any atom is -0.361 e. The van der Waals surface area contributed by atoms with Crippen molar-refractivity contribution in [2.75, 3.05) is 19.6 Å². The molecule has 7 nitrogen and oxygen atoms in total. The fourth-order valence-corrected chi connectivity index (χ4v) is 4.33. The fourth-order valence-electron chi connectivity index (χ4n) is 4.33. The standard InChI is InChI=1S/C25H28N4O3/c1-3-27-24(31)25(11-4-14-29(17-25)23(30)20-9-12-26-13-10-20)16-21-15-22(28-32-21)19-7-5-18(2)6-8-19/h5-10,12-13,15H,3-4,11,14,16-17H2,1-2H3,(H,27,31)/t25-/m1/s1. The third kappa shape index (κ3) is 4.56. The Morgan fingerprint density at radius 2 is 1.91 bits per heavy atom. The summed E-state index contributed by atoms with van der Waals surface area (Å²) in [6.07, 6.45) is 5.02. The Hall–Kier alpha value is -3.48. The largest absolute Gasteiger partial charge is 0.361 e. The fraction of sp³-hybridized carbons (Fsp3) is 0.360. The van der Waals surface area contributed by atoms with E-state index in [4.69, 9.17) is 4.52 Å². The molecule has 3 heterocycles. The van der Waals surface area contributed by atoms with Gasteiger partial charge in [-0.15, -0.1) is 0 Å². The number of piperidine rings is 1. The number of aryl methyl sites for hydroxylation is 1. The molecule has 2 aromatic heterocycles. The zero-order chi connectivity index (χ0) is 22.6. The summed E-state index contributed by atoms with van der Waals surface area (Å²) in [5, 5.41) is 7.20. The summed E-state index contributed by atoms with van der Waals surface area (Å²) in [6, 6.07) is 13.4. The van der Waals surface area contributed by atoms with Gasteiger partial charge in [-0.25, -0.2) is 0 Å². The number of carbonyl (C=O) groups is 2. The lowest BCUT2D eigenvalue weighted by atomic mass is 9.75. The highest BCUT2D eigenvalue weighted by Crippen LogP contribution is 2.36. The molecular formula is C25H28N4O3. The SMILES string of the molecule is CCNC(=O)[C@@]1(Cc2cc(-c3ccc(C)cc3)no2)CCCN(C(=O)c2ccncc2)C1. The highest BCUT2D eigenvalue weighted by Gasteiger charge is 2.44. The van der Waals surface area contributed by atoms with Gasteiger partial charge in [-0.05, 0) is 38.8 Å². The molecule has 0 unspecified atom stereocenters. The van der Waals surface area contributed by atoms with E-state index in [9.17, 15) is 9.59 Å². The van der Waals surface area contributed by atoms with Crippen LogP contribution in [0.25, 0.3) is 11.3 Å². The van der Waals surface area contributed by atoms with Crippen LogP contribution < -0.4 is 5.32 Å². The van der Waals surface area contributed by atoms with Crippen LogP contribution in [-0.4, -0.2) is 46.5 Å². The van der Waals surface area contributed by atoms with Gasteiger partial charge in [0, 0.05) is 55.6 Å². The first-order chi connectivity index (χ1) is 15.5. The highest BCUT2D eigenvalue weighted by molar-refractivity contribution is 5.95. The van der Waals surface area contributed by atoms with Crippen molar-refractivity contribution in [2.24, 2.45) is 5.41 Å². The topological polar surface area (TPSA) is 88.3 Å². The van der Waals surface area contributed by atoms with Gasteiger partial charge in [0.1, 0.15) is 11.5 Å². The number of nitrogens with one attached hydrogen (secondary N) is 1. The van der Waals surface area contributed by atoms with E-state index >= 15 is 0 Å². The van der Waals surface area contributed by atoms with Crippen molar-refractivity contribution in [1.29, 1.82) is 0 Å². The molecule has 1 aromatic carbocycles. The van der Waals surface area contributed by atoms with Crippen molar-refractivity contribution < 1.29 is 14.1 Å². The minimum absolute atomic E-state index is 0.0551. The molecule has 0 spiro atoms. The average Bonchev–Trinajstić information content (AvgIpc) is 3.28. The molecule has 1 N–H and O–H groups in total. The molecule has 1 aliphatic heterocycles. The number of amides is 2. The van der Waals surface area contributed by atoms with Crippen LogP contribution in [0.5, 0.6) is 0 Å². The van der Waals surface area contributed by atoms with Gasteiger partial charge in [0.2, 0.25) is 5.91 Å². The van der Waals surface area contributed by atoms with Gasteiger partial charge in [-0.3, -0.25) is 14.6 Å². The number of likely N-dealkylation sites (tertiary alicyclic amines) is 1. The van der Waals surface area contributed by atoms with E-state index < -0.39 is 5.41 Å². The second kappa shape index (κ2) is 9.34. The summed E-state index contributed by atoms with van der Waals surface area (Å²) >= 11 is 0. The van der Waals surface area contributed by atoms with E-state index in [-0.39, 0.29) is 11.8 Å². The first-order valence-electron chi connectivity index (χ1n) is 11.0. The van der Waals surface area contributed by atoms with E-state index in [1.165, 1.54) is 5.56 Å². The van der Waals surface area contributed by atoms with E-state index in [1.807, 2.05) is 44.2 Å². The first-order valence-corrected chi connectivity index (χ1v) is 11.0. The maximum Gasteiger partial charge on any atom is 0.253 e. The zero-order valence-corrected chi connectivity index (χ0v) is 18.5. The van der Waals surface area contributed by atoms with Crippen molar-refractivity contribution in [1.82, 2.24) is 20.4 Å². The van der Waals surface area contributed by atoms with Crippen molar-refractivity contribution in [2.45, 2.75) is 33.1 Å².